The van der Waals surface area contributed by atoms with Gasteiger partial charge in [0.15, 0.2) is 0 Å². The Kier molecular flexibility index (Phi) is 4.99. The van der Waals surface area contributed by atoms with Crippen LogP contribution >= 0.6 is 22.7 Å². The van der Waals surface area contributed by atoms with Crippen LogP contribution < -0.4 is 4.90 Å². The van der Waals surface area contributed by atoms with Gasteiger partial charge in [0.05, 0.1) is 0 Å². The average molecular weight is 410 g/mol. The summed E-state index contributed by atoms with van der Waals surface area (Å²) in [5.74, 6) is 0. The van der Waals surface area contributed by atoms with E-state index in [1.54, 1.807) is 11.3 Å². The Morgan fingerprint density at radius 2 is 1.03 bits per heavy atom. The number of rotatable bonds is 5. The van der Waals surface area contributed by atoms with Crippen LogP contribution in [0.5, 0.6) is 0 Å². The standard InChI is InChI=1S/C26H19NS2/c1-3-8-21(9-4-1)27(22-10-5-2-6-11-22)23-15-13-20(14-16-23)24-17-18-26(29-24)25-12-7-19-28-25/h1-19H. The lowest BCUT2D eigenvalue weighted by molar-refractivity contribution is 1.28. The lowest BCUT2D eigenvalue weighted by Gasteiger charge is -2.25. The molecule has 5 rings (SSSR count). The van der Waals surface area contributed by atoms with E-state index in [0.29, 0.717) is 0 Å². The Balaban J connectivity index is 1.49. The highest BCUT2D eigenvalue weighted by Gasteiger charge is 2.12. The predicted molar refractivity (Wildman–Crippen MR) is 128 cm³/mol. The molecule has 0 aliphatic rings. The molecule has 0 aliphatic carbocycles. The smallest absolute Gasteiger partial charge is 0.0462 e. The van der Waals surface area contributed by atoms with Crippen LogP contribution in [0.4, 0.5) is 17.1 Å². The van der Waals surface area contributed by atoms with Crippen molar-refractivity contribution in [2.75, 3.05) is 4.90 Å². The molecule has 0 bridgehead atoms. The summed E-state index contributed by atoms with van der Waals surface area (Å²) in [6.07, 6.45) is 0. The molecule has 5 aromatic rings. The summed E-state index contributed by atoms with van der Waals surface area (Å²) in [6.45, 7) is 0. The molecule has 2 aromatic heterocycles. The highest BCUT2D eigenvalue weighted by molar-refractivity contribution is 7.23. The van der Waals surface area contributed by atoms with Crippen LogP contribution in [0.25, 0.3) is 20.2 Å². The molecular weight excluding hydrogens is 390 g/mol. The lowest BCUT2D eigenvalue weighted by atomic mass is 10.1. The van der Waals surface area contributed by atoms with Gasteiger partial charge in [-0.1, -0.05) is 54.6 Å². The van der Waals surface area contributed by atoms with Crippen LogP contribution in [-0.2, 0) is 0 Å². The second-order valence-corrected chi connectivity index (χ2v) is 8.73. The summed E-state index contributed by atoms with van der Waals surface area (Å²) in [6, 6.07) is 38.6. The van der Waals surface area contributed by atoms with Crippen molar-refractivity contribution in [2.45, 2.75) is 0 Å². The van der Waals surface area contributed by atoms with Crippen molar-refractivity contribution in [3.05, 3.63) is 115 Å². The Morgan fingerprint density at radius 3 is 1.62 bits per heavy atom. The molecule has 0 N–H and O–H groups in total. The van der Waals surface area contributed by atoms with Gasteiger partial charge in [0, 0.05) is 31.7 Å². The number of nitrogens with zero attached hydrogens (tertiary/aromatic N) is 1. The predicted octanol–water partition coefficient (Wildman–Crippen LogP) is 8.61. The minimum atomic E-state index is 1.15. The third-order valence-electron chi connectivity index (χ3n) is 4.81. The van der Waals surface area contributed by atoms with Crippen molar-refractivity contribution in [3.63, 3.8) is 0 Å². The van der Waals surface area contributed by atoms with E-state index in [0.717, 1.165) is 17.1 Å². The van der Waals surface area contributed by atoms with Crippen LogP contribution in [0.2, 0.25) is 0 Å². The molecule has 0 radical (unpaired) electrons. The van der Waals surface area contributed by atoms with Crippen LogP contribution in [-0.4, -0.2) is 0 Å². The van der Waals surface area contributed by atoms with Crippen molar-refractivity contribution >= 4 is 39.7 Å². The van der Waals surface area contributed by atoms with E-state index in [4.69, 9.17) is 0 Å². The largest absolute Gasteiger partial charge is 0.311 e. The molecule has 0 saturated carbocycles. The number of hydrogen-bond acceptors (Lipinski definition) is 3. The van der Waals surface area contributed by atoms with Crippen LogP contribution in [0, 0.1) is 0 Å². The highest BCUT2D eigenvalue weighted by Crippen LogP contribution is 2.39. The van der Waals surface area contributed by atoms with E-state index in [1.165, 1.54) is 20.2 Å². The maximum Gasteiger partial charge on any atom is 0.0462 e. The maximum absolute atomic E-state index is 2.29. The summed E-state index contributed by atoms with van der Waals surface area (Å²) in [5.41, 5.74) is 4.72. The SMILES string of the molecule is c1ccc(N(c2ccccc2)c2ccc(-c3ccc(-c4cccs4)s3)cc2)cc1. The minimum Gasteiger partial charge on any atom is -0.311 e. The summed E-state index contributed by atoms with van der Waals surface area (Å²) >= 11 is 3.64. The number of hydrogen-bond donors (Lipinski definition) is 0. The van der Waals surface area contributed by atoms with E-state index in [2.05, 4.69) is 119 Å². The Labute approximate surface area is 179 Å². The van der Waals surface area contributed by atoms with E-state index < -0.39 is 0 Å². The normalized spacial score (nSPS) is 10.8. The minimum absolute atomic E-state index is 1.15. The lowest BCUT2D eigenvalue weighted by Crippen LogP contribution is -2.09. The second-order valence-electron chi connectivity index (χ2n) is 6.69. The molecule has 0 atom stereocenters. The quantitative estimate of drug-likeness (QED) is 0.281. The molecule has 3 heteroatoms. The van der Waals surface area contributed by atoms with Crippen LogP contribution in [0.1, 0.15) is 0 Å². The first-order valence-electron chi connectivity index (χ1n) is 9.53. The van der Waals surface area contributed by atoms with Crippen LogP contribution in [0.3, 0.4) is 0 Å². The van der Waals surface area contributed by atoms with Gasteiger partial charge < -0.3 is 4.90 Å². The van der Waals surface area contributed by atoms with E-state index in [9.17, 15) is 0 Å². The fraction of sp³-hybridized carbons (Fsp3) is 0. The number of benzene rings is 3. The molecule has 0 unspecified atom stereocenters. The molecule has 0 aliphatic heterocycles. The van der Waals surface area contributed by atoms with E-state index in [1.807, 2.05) is 11.3 Å². The van der Waals surface area contributed by atoms with Gasteiger partial charge in [-0.05, 0) is 65.5 Å². The Morgan fingerprint density at radius 1 is 0.448 bits per heavy atom. The number of anilines is 3. The third kappa shape index (κ3) is 3.75. The Bertz CT molecular complexity index is 1140. The highest BCUT2D eigenvalue weighted by atomic mass is 32.1. The molecule has 0 amide bonds. The molecule has 0 spiro atoms. The zero-order valence-electron chi connectivity index (χ0n) is 15.7. The van der Waals surface area contributed by atoms with Crippen molar-refractivity contribution in [1.82, 2.24) is 0 Å². The summed E-state index contributed by atoms with van der Waals surface area (Å²) in [7, 11) is 0. The van der Waals surface area contributed by atoms with E-state index in [-0.39, 0.29) is 0 Å². The first-order valence-corrected chi connectivity index (χ1v) is 11.2. The molecule has 140 valence electrons. The van der Waals surface area contributed by atoms with Crippen molar-refractivity contribution in [1.29, 1.82) is 0 Å². The van der Waals surface area contributed by atoms with Crippen molar-refractivity contribution in [2.24, 2.45) is 0 Å². The average Bonchev–Trinajstić information content (AvgIpc) is 3.48. The van der Waals surface area contributed by atoms with Crippen LogP contribution in [0.15, 0.2) is 115 Å². The molecule has 0 fully saturated rings. The third-order valence-corrected chi connectivity index (χ3v) is 7.01. The number of thiophene rings is 2. The fourth-order valence-electron chi connectivity index (χ4n) is 3.42. The Hall–Kier alpha value is -3.14. The number of para-hydroxylation sites is 2. The summed E-state index contributed by atoms with van der Waals surface area (Å²) in [4.78, 5) is 6.24. The van der Waals surface area contributed by atoms with Gasteiger partial charge >= 0.3 is 0 Å². The molecule has 29 heavy (non-hydrogen) atoms. The molecule has 3 aromatic carbocycles. The first-order chi connectivity index (χ1) is 14.4. The van der Waals surface area contributed by atoms with Crippen molar-refractivity contribution < 1.29 is 0 Å². The van der Waals surface area contributed by atoms with Gasteiger partial charge in [-0.15, -0.1) is 22.7 Å². The zero-order valence-corrected chi connectivity index (χ0v) is 17.4. The van der Waals surface area contributed by atoms with Gasteiger partial charge in [-0.25, -0.2) is 0 Å². The monoisotopic (exact) mass is 409 g/mol. The second kappa shape index (κ2) is 8.08. The fourth-order valence-corrected chi connectivity index (χ4v) is 5.27. The summed E-state index contributed by atoms with van der Waals surface area (Å²) in [5, 5.41) is 2.13. The van der Waals surface area contributed by atoms with Gasteiger partial charge in [0.2, 0.25) is 0 Å². The zero-order chi connectivity index (χ0) is 19.5. The molecular formula is C26H19NS2. The molecule has 1 nitrogen and oxygen atoms in total. The van der Waals surface area contributed by atoms with Gasteiger partial charge in [0.25, 0.3) is 0 Å². The maximum atomic E-state index is 2.29. The first kappa shape index (κ1) is 17.9. The van der Waals surface area contributed by atoms with Gasteiger partial charge in [-0.3, -0.25) is 0 Å². The van der Waals surface area contributed by atoms with Crippen molar-refractivity contribution in [3.8, 4) is 20.2 Å². The molecule has 2 heterocycles. The topological polar surface area (TPSA) is 3.24 Å². The van der Waals surface area contributed by atoms with Gasteiger partial charge in [-0.2, -0.15) is 0 Å². The summed E-state index contributed by atoms with van der Waals surface area (Å²) < 4.78 is 0. The van der Waals surface area contributed by atoms with E-state index >= 15 is 0 Å². The van der Waals surface area contributed by atoms with Gasteiger partial charge in [0.1, 0.15) is 0 Å². The molecule has 0 saturated heterocycles.